The van der Waals surface area contributed by atoms with E-state index in [1.54, 1.807) is 16.9 Å². The van der Waals surface area contributed by atoms with Crippen LogP contribution < -0.4 is 4.72 Å². The molecule has 5 nitrogen and oxygen atoms in total. The van der Waals surface area contributed by atoms with Gasteiger partial charge in [0.25, 0.3) is 10.0 Å². The summed E-state index contributed by atoms with van der Waals surface area (Å²) in [6.45, 7) is 6.09. The molecule has 0 unspecified atom stereocenters. The van der Waals surface area contributed by atoms with Gasteiger partial charge in [0.15, 0.2) is 0 Å². The largest absolute Gasteiger partial charge is 0.452 e. The van der Waals surface area contributed by atoms with Gasteiger partial charge < -0.3 is 4.74 Å². The highest BCUT2D eigenvalue weighted by Gasteiger charge is 2.19. The summed E-state index contributed by atoms with van der Waals surface area (Å²) in [4.78, 5) is 10.9. The quantitative estimate of drug-likeness (QED) is 0.893. The van der Waals surface area contributed by atoms with Gasteiger partial charge >= 0.3 is 6.09 Å². The number of carbonyl (C=O) groups is 1. The van der Waals surface area contributed by atoms with E-state index in [9.17, 15) is 13.2 Å². The lowest BCUT2D eigenvalue weighted by Gasteiger charge is -2.19. The van der Waals surface area contributed by atoms with E-state index in [-0.39, 0.29) is 10.3 Å². The van der Waals surface area contributed by atoms with Crippen molar-refractivity contribution in [1.82, 2.24) is 4.72 Å². The van der Waals surface area contributed by atoms with Crippen molar-refractivity contribution in [2.75, 3.05) is 7.11 Å². The van der Waals surface area contributed by atoms with Gasteiger partial charge in [-0.3, -0.25) is 0 Å². The highest BCUT2D eigenvalue weighted by molar-refractivity contribution is 7.90. The fourth-order valence-corrected chi connectivity index (χ4v) is 2.26. The van der Waals surface area contributed by atoms with Gasteiger partial charge in [0.05, 0.1) is 12.0 Å². The van der Waals surface area contributed by atoms with E-state index in [2.05, 4.69) is 4.74 Å². The predicted octanol–water partition coefficient (Wildman–Crippen LogP) is 2.03. The molecule has 1 N–H and O–H groups in total. The van der Waals surface area contributed by atoms with Crippen molar-refractivity contribution in [3.63, 3.8) is 0 Å². The molecule has 1 amide bonds. The number of methoxy groups -OCH3 is 1. The maximum atomic E-state index is 11.8. The van der Waals surface area contributed by atoms with Crippen LogP contribution in [0, 0.1) is 0 Å². The number of amides is 1. The number of hydrogen-bond donors (Lipinski definition) is 1. The van der Waals surface area contributed by atoms with E-state index in [4.69, 9.17) is 0 Å². The summed E-state index contributed by atoms with van der Waals surface area (Å²) >= 11 is 0. The average molecular weight is 271 g/mol. The molecule has 100 valence electrons. The molecule has 0 aliphatic rings. The van der Waals surface area contributed by atoms with Crippen LogP contribution in [-0.4, -0.2) is 21.6 Å². The van der Waals surface area contributed by atoms with Crippen molar-refractivity contribution in [3.05, 3.63) is 29.8 Å². The predicted molar refractivity (Wildman–Crippen MR) is 67.9 cm³/mol. The smallest absolute Gasteiger partial charge is 0.420 e. The second-order valence-electron chi connectivity index (χ2n) is 4.87. The normalized spacial score (nSPS) is 12.0. The van der Waals surface area contributed by atoms with Gasteiger partial charge in [0, 0.05) is 0 Å². The molecule has 1 rings (SSSR count). The van der Waals surface area contributed by atoms with E-state index in [1.165, 1.54) is 12.1 Å². The highest BCUT2D eigenvalue weighted by Crippen LogP contribution is 2.23. The first-order valence-electron chi connectivity index (χ1n) is 5.38. The summed E-state index contributed by atoms with van der Waals surface area (Å²) in [5.74, 6) is 0. The lowest BCUT2D eigenvalue weighted by Crippen LogP contribution is -2.30. The Kier molecular flexibility index (Phi) is 4.01. The molecule has 18 heavy (non-hydrogen) atoms. The van der Waals surface area contributed by atoms with E-state index in [1.807, 2.05) is 20.8 Å². The molecule has 1 aromatic carbocycles. The molecular formula is C12H17NO4S. The average Bonchev–Trinajstić information content (AvgIpc) is 2.27. The maximum absolute atomic E-state index is 11.8. The summed E-state index contributed by atoms with van der Waals surface area (Å²) in [6, 6.07) is 6.38. The van der Waals surface area contributed by atoms with Gasteiger partial charge in [0.2, 0.25) is 0 Å². The minimum Gasteiger partial charge on any atom is -0.452 e. The summed E-state index contributed by atoms with van der Waals surface area (Å²) in [5, 5.41) is 0. The number of nitrogens with one attached hydrogen (secondary N) is 1. The van der Waals surface area contributed by atoms with Crippen molar-refractivity contribution in [1.29, 1.82) is 0 Å². The van der Waals surface area contributed by atoms with Crippen molar-refractivity contribution in [2.45, 2.75) is 31.1 Å². The Morgan fingerprint density at radius 3 is 2.06 bits per heavy atom. The zero-order valence-electron chi connectivity index (χ0n) is 10.9. The third-order valence-electron chi connectivity index (χ3n) is 2.43. The Labute approximate surface area is 107 Å². The van der Waals surface area contributed by atoms with Crippen molar-refractivity contribution in [3.8, 4) is 0 Å². The summed E-state index contributed by atoms with van der Waals surface area (Å²) in [7, 11) is -2.75. The van der Waals surface area contributed by atoms with Crippen LogP contribution in [0.15, 0.2) is 29.2 Å². The topological polar surface area (TPSA) is 72.5 Å². The molecule has 6 heteroatoms. The third-order valence-corrected chi connectivity index (χ3v) is 3.76. The fraction of sp³-hybridized carbons (Fsp3) is 0.417. The number of carbonyl (C=O) groups excluding carboxylic acids is 1. The standard InChI is InChI=1S/C12H17NO4S/c1-12(2,3)9-5-7-10(8-6-9)18(15,16)13-11(14)17-4/h5-8H,1-4H3,(H,13,14). The van der Waals surface area contributed by atoms with Gasteiger partial charge in [-0.25, -0.2) is 17.9 Å². The molecule has 0 aliphatic heterocycles. The van der Waals surface area contributed by atoms with E-state index < -0.39 is 16.1 Å². The molecule has 0 aromatic heterocycles. The first-order chi connectivity index (χ1) is 8.16. The highest BCUT2D eigenvalue weighted by atomic mass is 32.2. The van der Waals surface area contributed by atoms with E-state index in [0.717, 1.165) is 12.7 Å². The monoisotopic (exact) mass is 271 g/mol. The molecule has 0 radical (unpaired) electrons. The number of benzene rings is 1. The Morgan fingerprint density at radius 2 is 1.67 bits per heavy atom. The van der Waals surface area contributed by atoms with E-state index >= 15 is 0 Å². The second kappa shape index (κ2) is 4.97. The molecule has 0 saturated carbocycles. The van der Waals surface area contributed by atoms with Crippen molar-refractivity contribution in [2.24, 2.45) is 0 Å². The van der Waals surface area contributed by atoms with E-state index in [0.29, 0.717) is 0 Å². The number of sulfonamides is 1. The van der Waals surface area contributed by atoms with Crippen molar-refractivity contribution >= 4 is 16.1 Å². The lowest BCUT2D eigenvalue weighted by molar-refractivity contribution is 0.177. The Hall–Kier alpha value is -1.56. The first kappa shape index (κ1) is 14.5. The molecule has 1 aromatic rings. The fourth-order valence-electron chi connectivity index (χ4n) is 1.34. The molecule has 0 aliphatic carbocycles. The molecule has 0 heterocycles. The van der Waals surface area contributed by atoms with Crippen LogP contribution in [0.25, 0.3) is 0 Å². The lowest BCUT2D eigenvalue weighted by atomic mass is 9.87. The molecule has 0 atom stereocenters. The summed E-state index contributed by atoms with van der Waals surface area (Å²) < 4.78 is 29.5. The van der Waals surface area contributed by atoms with Crippen molar-refractivity contribution < 1.29 is 17.9 Å². The molecule has 0 saturated heterocycles. The minimum atomic E-state index is -3.86. The van der Waals surface area contributed by atoms with Gasteiger partial charge in [-0.1, -0.05) is 32.9 Å². The van der Waals surface area contributed by atoms with Crippen LogP contribution in [-0.2, 0) is 20.2 Å². The molecule has 0 bridgehead atoms. The van der Waals surface area contributed by atoms with Crippen LogP contribution in [0.4, 0.5) is 4.79 Å². The molecule has 0 fully saturated rings. The van der Waals surface area contributed by atoms with Crippen LogP contribution in [0.5, 0.6) is 0 Å². The van der Waals surface area contributed by atoms with Crippen LogP contribution in [0.2, 0.25) is 0 Å². The van der Waals surface area contributed by atoms with Crippen LogP contribution in [0.3, 0.4) is 0 Å². The van der Waals surface area contributed by atoms with Gasteiger partial charge in [0.1, 0.15) is 0 Å². The second-order valence-corrected chi connectivity index (χ2v) is 6.55. The Balaban J connectivity index is 3.02. The van der Waals surface area contributed by atoms with Crippen LogP contribution >= 0.6 is 0 Å². The number of rotatable bonds is 2. The van der Waals surface area contributed by atoms with Crippen LogP contribution in [0.1, 0.15) is 26.3 Å². The summed E-state index contributed by atoms with van der Waals surface area (Å²) in [6.07, 6.45) is -1.00. The zero-order chi connectivity index (χ0) is 14.0. The van der Waals surface area contributed by atoms with Gasteiger partial charge in [-0.05, 0) is 23.1 Å². The minimum absolute atomic E-state index is 0.0286. The van der Waals surface area contributed by atoms with Gasteiger partial charge in [-0.15, -0.1) is 0 Å². The Morgan fingerprint density at radius 1 is 1.17 bits per heavy atom. The number of hydrogen-bond acceptors (Lipinski definition) is 4. The maximum Gasteiger partial charge on any atom is 0.420 e. The SMILES string of the molecule is COC(=O)NS(=O)(=O)c1ccc(C(C)(C)C)cc1. The third kappa shape index (κ3) is 3.46. The number of ether oxygens (including phenoxy) is 1. The van der Waals surface area contributed by atoms with Gasteiger partial charge in [-0.2, -0.15) is 0 Å². The molecular weight excluding hydrogens is 254 g/mol. The first-order valence-corrected chi connectivity index (χ1v) is 6.86. The Bertz CT molecular complexity index is 526. The summed E-state index contributed by atoms with van der Waals surface area (Å²) in [5.41, 5.74) is 0.956. The zero-order valence-corrected chi connectivity index (χ0v) is 11.7. The molecule has 0 spiro atoms.